The largest absolute Gasteiger partial charge is 0.497 e. The minimum absolute atomic E-state index is 0.0804. The summed E-state index contributed by atoms with van der Waals surface area (Å²) < 4.78 is 24.2. The monoisotopic (exact) mass is 441 g/mol. The molecule has 0 saturated heterocycles. The highest BCUT2D eigenvalue weighted by molar-refractivity contribution is 7.98. The van der Waals surface area contributed by atoms with E-state index in [0.29, 0.717) is 33.5 Å². The number of H-pyrrole nitrogens is 1. The fraction of sp³-hybridized carbons (Fsp3) is 0.227. The van der Waals surface area contributed by atoms with Crippen molar-refractivity contribution in [3.63, 3.8) is 0 Å². The minimum Gasteiger partial charge on any atom is -0.497 e. The number of nitrogens with one attached hydrogen (secondary N) is 2. The lowest BCUT2D eigenvalue weighted by atomic mass is 9.86. The number of carbonyl (C=O) groups excluding carboxylic acids is 1. The van der Waals surface area contributed by atoms with E-state index >= 15 is 0 Å². The molecule has 0 fully saturated rings. The van der Waals surface area contributed by atoms with Crippen LogP contribution in [0.25, 0.3) is 0 Å². The van der Waals surface area contributed by atoms with Gasteiger partial charge in [-0.2, -0.15) is 0 Å². The Hall–Kier alpha value is -3.33. The van der Waals surface area contributed by atoms with Crippen LogP contribution in [-0.4, -0.2) is 30.1 Å². The fourth-order valence-electron chi connectivity index (χ4n) is 3.57. The van der Waals surface area contributed by atoms with Crippen molar-refractivity contribution in [3.8, 4) is 11.5 Å². The van der Waals surface area contributed by atoms with Gasteiger partial charge in [0.05, 0.1) is 19.8 Å². The Bertz CT molecular complexity index is 1200. The van der Waals surface area contributed by atoms with Crippen LogP contribution in [0.15, 0.2) is 52.4 Å². The third-order valence-electron chi connectivity index (χ3n) is 5.01. The number of carbonyl (C=O) groups is 1. The van der Waals surface area contributed by atoms with E-state index < -0.39 is 5.92 Å². The molecule has 9 heteroatoms. The predicted octanol–water partition coefficient (Wildman–Crippen LogP) is 3.69. The van der Waals surface area contributed by atoms with Crippen molar-refractivity contribution in [1.82, 2.24) is 9.97 Å². The Morgan fingerprint density at radius 3 is 2.74 bits per heavy atom. The average molecular weight is 441 g/mol. The first-order chi connectivity index (χ1) is 15.0. The maximum absolute atomic E-state index is 13.4. The van der Waals surface area contributed by atoms with Gasteiger partial charge in [0, 0.05) is 23.7 Å². The molecular formula is C22H20FN3O4S. The summed E-state index contributed by atoms with van der Waals surface area (Å²) in [6.07, 6.45) is 0.0804. The molecule has 3 aromatic rings. The first kappa shape index (κ1) is 20.9. The highest BCUT2D eigenvalue weighted by Crippen LogP contribution is 2.40. The molecule has 7 nitrogen and oxygen atoms in total. The van der Waals surface area contributed by atoms with E-state index in [2.05, 4.69) is 15.3 Å². The molecule has 0 bridgehead atoms. The number of methoxy groups -OCH3 is 2. The number of halogens is 1. The lowest BCUT2D eigenvalue weighted by molar-refractivity contribution is -0.116. The van der Waals surface area contributed by atoms with Gasteiger partial charge in [0.25, 0.3) is 5.56 Å². The van der Waals surface area contributed by atoms with Gasteiger partial charge in [-0.3, -0.25) is 9.59 Å². The number of fused-ring (bicyclic) bond motifs is 1. The van der Waals surface area contributed by atoms with Crippen LogP contribution in [0.2, 0.25) is 0 Å². The zero-order valence-electron chi connectivity index (χ0n) is 16.9. The van der Waals surface area contributed by atoms with Crippen molar-refractivity contribution in [2.24, 2.45) is 0 Å². The number of benzene rings is 2. The molecule has 0 spiro atoms. The summed E-state index contributed by atoms with van der Waals surface area (Å²) >= 11 is 1.25. The summed E-state index contributed by atoms with van der Waals surface area (Å²) in [5.41, 5.74) is 1.45. The molecule has 160 valence electrons. The van der Waals surface area contributed by atoms with Crippen LogP contribution in [0.1, 0.15) is 29.0 Å². The van der Waals surface area contributed by atoms with Gasteiger partial charge in [-0.05, 0) is 35.9 Å². The number of rotatable bonds is 6. The molecule has 2 heterocycles. The van der Waals surface area contributed by atoms with E-state index in [0.717, 1.165) is 5.56 Å². The highest BCUT2D eigenvalue weighted by Gasteiger charge is 2.33. The first-order valence-corrected chi connectivity index (χ1v) is 10.5. The molecule has 0 saturated carbocycles. The van der Waals surface area contributed by atoms with Crippen molar-refractivity contribution in [1.29, 1.82) is 0 Å². The second-order valence-corrected chi connectivity index (χ2v) is 7.93. The number of ether oxygens (including phenoxy) is 2. The van der Waals surface area contributed by atoms with Gasteiger partial charge in [-0.1, -0.05) is 23.9 Å². The quantitative estimate of drug-likeness (QED) is 0.448. The van der Waals surface area contributed by atoms with Gasteiger partial charge in [0.2, 0.25) is 5.91 Å². The van der Waals surface area contributed by atoms with E-state index in [1.807, 2.05) is 0 Å². The molecule has 0 unspecified atom stereocenters. The molecule has 31 heavy (non-hydrogen) atoms. The number of thioether (sulfide) groups is 1. The SMILES string of the molecule is COc1ccc(OC)c([C@H]2CC(=O)Nc3nc(SCc4cccc(F)c4)[nH]c(=O)c32)c1. The van der Waals surface area contributed by atoms with Gasteiger partial charge in [-0.15, -0.1) is 0 Å². The van der Waals surface area contributed by atoms with Crippen LogP contribution >= 0.6 is 11.8 Å². The lowest BCUT2D eigenvalue weighted by Crippen LogP contribution is -2.31. The van der Waals surface area contributed by atoms with E-state index in [-0.39, 0.29) is 29.5 Å². The van der Waals surface area contributed by atoms with Gasteiger partial charge in [-0.25, -0.2) is 9.37 Å². The normalized spacial score (nSPS) is 15.2. The van der Waals surface area contributed by atoms with Crippen LogP contribution in [0.3, 0.4) is 0 Å². The molecule has 1 atom stereocenters. The number of anilines is 1. The fourth-order valence-corrected chi connectivity index (χ4v) is 4.38. The molecule has 1 aliphatic rings. The molecular weight excluding hydrogens is 421 g/mol. The molecule has 2 N–H and O–H groups in total. The zero-order chi connectivity index (χ0) is 22.0. The number of hydrogen-bond acceptors (Lipinski definition) is 6. The van der Waals surface area contributed by atoms with E-state index in [9.17, 15) is 14.0 Å². The van der Waals surface area contributed by atoms with Gasteiger partial charge < -0.3 is 19.8 Å². The second kappa shape index (κ2) is 8.81. The minimum atomic E-state index is -0.535. The highest BCUT2D eigenvalue weighted by atomic mass is 32.2. The second-order valence-electron chi connectivity index (χ2n) is 6.96. The average Bonchev–Trinajstić information content (AvgIpc) is 2.76. The Kier molecular flexibility index (Phi) is 5.94. The van der Waals surface area contributed by atoms with Crippen LogP contribution < -0.4 is 20.3 Å². The lowest BCUT2D eigenvalue weighted by Gasteiger charge is -2.26. The summed E-state index contributed by atoms with van der Waals surface area (Å²) in [6.45, 7) is 0. The topological polar surface area (TPSA) is 93.3 Å². The number of amides is 1. The zero-order valence-corrected chi connectivity index (χ0v) is 17.7. The number of nitrogens with zero attached hydrogens (tertiary/aromatic N) is 1. The van der Waals surface area contributed by atoms with Crippen LogP contribution in [0.5, 0.6) is 11.5 Å². The van der Waals surface area contributed by atoms with Crippen molar-refractivity contribution in [2.75, 3.05) is 19.5 Å². The summed E-state index contributed by atoms with van der Waals surface area (Å²) in [4.78, 5) is 32.6. The molecule has 1 aliphatic heterocycles. The summed E-state index contributed by atoms with van der Waals surface area (Å²) in [5, 5.41) is 3.04. The maximum atomic E-state index is 13.4. The molecule has 0 radical (unpaired) electrons. The van der Waals surface area contributed by atoms with Gasteiger partial charge in [0.1, 0.15) is 23.1 Å². The van der Waals surface area contributed by atoms with Crippen LogP contribution in [0.4, 0.5) is 10.2 Å². The van der Waals surface area contributed by atoms with Crippen molar-refractivity contribution in [3.05, 3.63) is 75.3 Å². The standard InChI is InChI=1S/C22H20FN3O4S/c1-29-14-6-7-17(30-2)15(9-14)16-10-18(27)24-20-19(16)21(28)26-22(25-20)31-11-12-4-3-5-13(23)8-12/h3-9,16H,10-11H2,1-2H3,(H2,24,25,26,27,28)/t16-/m1/s1. The smallest absolute Gasteiger partial charge is 0.257 e. The van der Waals surface area contributed by atoms with Crippen molar-refractivity contribution >= 4 is 23.5 Å². The number of aromatic nitrogens is 2. The molecule has 1 aromatic heterocycles. The van der Waals surface area contributed by atoms with Crippen molar-refractivity contribution < 1.29 is 18.7 Å². The molecule has 1 amide bonds. The summed E-state index contributed by atoms with van der Waals surface area (Å²) in [6, 6.07) is 11.5. The van der Waals surface area contributed by atoms with Gasteiger partial charge in [0.15, 0.2) is 5.16 Å². The predicted molar refractivity (Wildman–Crippen MR) is 115 cm³/mol. The summed E-state index contributed by atoms with van der Waals surface area (Å²) in [5.74, 6) is 0.670. The Morgan fingerprint density at radius 2 is 2.00 bits per heavy atom. The molecule has 4 rings (SSSR count). The number of aromatic amines is 1. The van der Waals surface area contributed by atoms with E-state index in [1.165, 1.54) is 31.0 Å². The Balaban J connectivity index is 1.70. The van der Waals surface area contributed by atoms with E-state index in [1.54, 1.807) is 37.4 Å². The van der Waals surface area contributed by atoms with Gasteiger partial charge >= 0.3 is 0 Å². The summed E-state index contributed by atoms with van der Waals surface area (Å²) in [7, 11) is 3.08. The third kappa shape index (κ3) is 4.41. The number of hydrogen-bond donors (Lipinski definition) is 2. The van der Waals surface area contributed by atoms with E-state index in [4.69, 9.17) is 9.47 Å². The molecule has 2 aromatic carbocycles. The third-order valence-corrected chi connectivity index (χ3v) is 5.95. The van der Waals surface area contributed by atoms with Crippen LogP contribution in [-0.2, 0) is 10.5 Å². The Morgan fingerprint density at radius 1 is 1.16 bits per heavy atom. The van der Waals surface area contributed by atoms with Crippen LogP contribution in [0, 0.1) is 5.82 Å². The Labute approximate surface area is 182 Å². The van der Waals surface area contributed by atoms with Crippen molar-refractivity contribution in [2.45, 2.75) is 23.2 Å². The maximum Gasteiger partial charge on any atom is 0.257 e. The molecule has 0 aliphatic carbocycles. The first-order valence-electron chi connectivity index (χ1n) is 9.51.